The van der Waals surface area contributed by atoms with Crippen molar-refractivity contribution in [2.24, 2.45) is 0 Å². The van der Waals surface area contributed by atoms with Crippen LogP contribution >= 0.6 is 15.9 Å². The van der Waals surface area contributed by atoms with E-state index in [0.29, 0.717) is 16.6 Å². The lowest BCUT2D eigenvalue weighted by Gasteiger charge is -2.42. The smallest absolute Gasteiger partial charge is 0.258 e. The third kappa shape index (κ3) is 3.37. The largest absolute Gasteiger partial charge is 0.543 e. The molecule has 0 radical (unpaired) electrons. The lowest BCUT2D eigenvalue weighted by Crippen LogP contribution is -2.47. The molecule has 0 bridgehead atoms. The van der Waals surface area contributed by atoms with Crippen molar-refractivity contribution >= 4 is 30.0 Å². The maximum absolute atomic E-state index is 6.60. The van der Waals surface area contributed by atoms with E-state index in [-0.39, 0.29) is 0 Å². The van der Waals surface area contributed by atoms with E-state index < -0.39 is 8.32 Å². The first-order chi connectivity index (χ1) is 9.23. The Hall–Kier alpha value is -0.543. The lowest BCUT2D eigenvalue weighted by molar-refractivity contribution is 0.445. The summed E-state index contributed by atoms with van der Waals surface area (Å²) < 4.78 is 7.65. The van der Waals surface area contributed by atoms with Gasteiger partial charge in [-0.15, -0.1) is 0 Å². The summed E-state index contributed by atoms with van der Waals surface area (Å²) in [6.45, 7) is 17.9. The Bertz CT molecular complexity index is 444. The summed E-state index contributed by atoms with van der Waals surface area (Å²) in [6.07, 6.45) is 0. The maximum Gasteiger partial charge on any atom is 0.258 e. The average molecular weight is 355 g/mol. The molecule has 0 saturated carbocycles. The second-order valence-electron chi connectivity index (χ2n) is 6.32. The Labute approximate surface area is 133 Å². The van der Waals surface area contributed by atoms with Crippen LogP contribution in [-0.4, -0.2) is 8.32 Å². The highest BCUT2D eigenvalue weighted by atomic mass is 79.9. The van der Waals surface area contributed by atoms with Gasteiger partial charge >= 0.3 is 0 Å². The molecule has 0 fully saturated rings. The first-order valence-electron chi connectivity index (χ1n) is 7.36. The minimum Gasteiger partial charge on any atom is -0.543 e. The molecule has 1 aromatic carbocycles. The Morgan fingerprint density at radius 3 is 1.85 bits per heavy atom. The number of rotatable bonds is 6. The van der Waals surface area contributed by atoms with Gasteiger partial charge in [-0.3, -0.25) is 0 Å². The number of hydrogen-bond acceptors (Lipinski definition) is 1. The third-order valence-electron chi connectivity index (χ3n) is 4.18. The van der Waals surface area contributed by atoms with Crippen molar-refractivity contribution in [2.45, 2.75) is 58.2 Å². The topological polar surface area (TPSA) is 9.23 Å². The molecule has 3 heteroatoms. The van der Waals surface area contributed by atoms with Crippen LogP contribution in [0.2, 0.25) is 16.6 Å². The fourth-order valence-electron chi connectivity index (χ4n) is 3.31. The van der Waals surface area contributed by atoms with Gasteiger partial charge in [0.25, 0.3) is 8.32 Å². The first-order valence-corrected chi connectivity index (χ1v) is 10.3. The van der Waals surface area contributed by atoms with Crippen LogP contribution in [0.15, 0.2) is 35.3 Å². The lowest BCUT2D eigenvalue weighted by atomic mass is 10.2. The SMILES string of the molecule is C=C(O[Si](C(C)C)(C(C)C)C(C)C)c1ccccc1Br. The molecule has 1 rings (SSSR count). The molecule has 0 spiro atoms. The van der Waals surface area contributed by atoms with Crippen LogP contribution in [0.4, 0.5) is 0 Å². The van der Waals surface area contributed by atoms with E-state index in [2.05, 4.69) is 70.1 Å². The molecule has 112 valence electrons. The van der Waals surface area contributed by atoms with Gasteiger partial charge in [0.2, 0.25) is 0 Å². The molecule has 0 N–H and O–H groups in total. The molecule has 1 nitrogen and oxygen atoms in total. The van der Waals surface area contributed by atoms with Gasteiger partial charge in [0.1, 0.15) is 5.76 Å². The standard InChI is InChI=1S/C17H27BrOSi/c1-12(2)20(13(3)4,14(5)6)19-15(7)16-10-8-9-11-17(16)18/h8-14H,7H2,1-6H3. The number of halogens is 1. The van der Waals surface area contributed by atoms with Crippen molar-refractivity contribution in [1.29, 1.82) is 0 Å². The fraction of sp³-hybridized carbons (Fsp3) is 0.529. The highest BCUT2D eigenvalue weighted by Crippen LogP contribution is 2.45. The van der Waals surface area contributed by atoms with Gasteiger partial charge in [-0.25, -0.2) is 0 Å². The highest BCUT2D eigenvalue weighted by Gasteiger charge is 2.47. The quantitative estimate of drug-likeness (QED) is 0.412. The molecule has 0 atom stereocenters. The van der Waals surface area contributed by atoms with E-state index in [1.807, 2.05) is 18.2 Å². The van der Waals surface area contributed by atoms with Gasteiger partial charge in [-0.05, 0) is 22.7 Å². The summed E-state index contributed by atoms with van der Waals surface area (Å²) in [4.78, 5) is 0. The minimum absolute atomic E-state index is 0.557. The molecule has 20 heavy (non-hydrogen) atoms. The van der Waals surface area contributed by atoms with Gasteiger partial charge < -0.3 is 4.43 Å². The molecule has 0 aliphatic carbocycles. The van der Waals surface area contributed by atoms with E-state index in [1.165, 1.54) is 0 Å². The van der Waals surface area contributed by atoms with Crippen molar-refractivity contribution in [3.63, 3.8) is 0 Å². The van der Waals surface area contributed by atoms with Gasteiger partial charge in [0.05, 0.1) is 0 Å². The van der Waals surface area contributed by atoms with Gasteiger partial charge in [-0.1, -0.05) is 82.3 Å². The monoisotopic (exact) mass is 354 g/mol. The molecule has 1 aromatic rings. The summed E-state index contributed by atoms with van der Waals surface area (Å²) in [5.74, 6) is 0.806. The van der Waals surface area contributed by atoms with Crippen LogP contribution in [-0.2, 0) is 4.43 Å². The van der Waals surface area contributed by atoms with Crippen LogP contribution in [0.5, 0.6) is 0 Å². The van der Waals surface area contributed by atoms with Crippen molar-refractivity contribution in [1.82, 2.24) is 0 Å². The van der Waals surface area contributed by atoms with Gasteiger partial charge in [0, 0.05) is 10.0 Å². The average Bonchev–Trinajstić information content (AvgIpc) is 2.34. The second kappa shape index (κ2) is 6.95. The van der Waals surface area contributed by atoms with Crippen molar-refractivity contribution in [3.8, 4) is 0 Å². The van der Waals surface area contributed by atoms with Crippen LogP contribution in [0.1, 0.15) is 47.1 Å². The van der Waals surface area contributed by atoms with Crippen molar-refractivity contribution in [2.75, 3.05) is 0 Å². The summed E-state index contributed by atoms with van der Waals surface area (Å²) in [6, 6.07) is 8.14. The number of benzene rings is 1. The highest BCUT2D eigenvalue weighted by molar-refractivity contribution is 9.10. The molecule has 0 saturated heterocycles. The zero-order chi connectivity index (χ0) is 15.5. The first kappa shape index (κ1) is 17.5. The molecule has 0 unspecified atom stereocenters. The van der Waals surface area contributed by atoms with Gasteiger partial charge in [0.15, 0.2) is 0 Å². The fourth-order valence-corrected chi connectivity index (χ4v) is 9.06. The van der Waals surface area contributed by atoms with Crippen LogP contribution in [0.25, 0.3) is 5.76 Å². The second-order valence-corrected chi connectivity index (χ2v) is 12.6. The predicted octanol–water partition coefficient (Wildman–Crippen LogP) is 6.61. The molecule has 0 aliphatic rings. The van der Waals surface area contributed by atoms with Crippen molar-refractivity contribution < 1.29 is 4.43 Å². The van der Waals surface area contributed by atoms with Crippen LogP contribution in [0, 0.1) is 0 Å². The third-order valence-corrected chi connectivity index (χ3v) is 10.9. The zero-order valence-corrected chi connectivity index (χ0v) is 16.1. The zero-order valence-electron chi connectivity index (χ0n) is 13.5. The van der Waals surface area contributed by atoms with Gasteiger partial charge in [-0.2, -0.15) is 0 Å². The molecule has 0 aliphatic heterocycles. The Morgan fingerprint density at radius 1 is 1.00 bits per heavy atom. The summed E-state index contributed by atoms with van der Waals surface area (Å²) in [7, 11) is -1.92. The minimum atomic E-state index is -1.92. The summed E-state index contributed by atoms with van der Waals surface area (Å²) in [5, 5.41) is 0. The molecule has 0 amide bonds. The Kier molecular flexibility index (Phi) is 6.08. The Balaban J connectivity index is 3.14. The molecular formula is C17H27BrOSi. The predicted molar refractivity (Wildman–Crippen MR) is 95.3 cm³/mol. The molecular weight excluding hydrogens is 328 g/mol. The van der Waals surface area contributed by atoms with E-state index in [9.17, 15) is 0 Å². The van der Waals surface area contributed by atoms with E-state index in [0.717, 1.165) is 15.8 Å². The normalized spacial score (nSPS) is 12.3. The van der Waals surface area contributed by atoms with E-state index in [1.54, 1.807) is 0 Å². The van der Waals surface area contributed by atoms with Crippen LogP contribution in [0.3, 0.4) is 0 Å². The Morgan fingerprint density at radius 2 is 1.45 bits per heavy atom. The molecule has 0 heterocycles. The number of hydrogen-bond donors (Lipinski definition) is 0. The van der Waals surface area contributed by atoms with E-state index >= 15 is 0 Å². The maximum atomic E-state index is 6.60. The summed E-state index contributed by atoms with van der Waals surface area (Å²) >= 11 is 3.59. The van der Waals surface area contributed by atoms with E-state index in [4.69, 9.17) is 4.43 Å². The molecule has 0 aromatic heterocycles. The summed E-state index contributed by atoms with van der Waals surface area (Å²) in [5.41, 5.74) is 2.73. The van der Waals surface area contributed by atoms with Crippen molar-refractivity contribution in [3.05, 3.63) is 40.9 Å². The van der Waals surface area contributed by atoms with Crippen LogP contribution < -0.4 is 0 Å².